The number of hydrogen-bond acceptors (Lipinski definition) is 4. The van der Waals surface area contributed by atoms with Crippen molar-refractivity contribution >= 4 is 5.97 Å². The van der Waals surface area contributed by atoms with E-state index in [4.69, 9.17) is 9.84 Å². The Morgan fingerprint density at radius 2 is 2.17 bits per heavy atom. The molecule has 0 fully saturated rings. The van der Waals surface area contributed by atoms with Crippen molar-refractivity contribution in [2.75, 3.05) is 7.11 Å². The van der Waals surface area contributed by atoms with Gasteiger partial charge in [-0.05, 0) is 18.6 Å². The molecule has 94 valence electrons. The number of halogens is 1. The van der Waals surface area contributed by atoms with Gasteiger partial charge in [0.2, 0.25) is 5.76 Å². The Balaban J connectivity index is 2.55. The molecule has 1 aromatic carbocycles. The first-order chi connectivity index (χ1) is 8.52. The number of benzene rings is 1. The summed E-state index contributed by atoms with van der Waals surface area (Å²) in [5.74, 6) is -1.64. The van der Waals surface area contributed by atoms with Crippen LogP contribution in [0.3, 0.4) is 0 Å². The first kappa shape index (κ1) is 12.1. The van der Waals surface area contributed by atoms with E-state index < -0.39 is 11.8 Å². The largest absolute Gasteiger partial charge is 0.496 e. The molecule has 0 spiro atoms. The van der Waals surface area contributed by atoms with Crippen LogP contribution in [0.2, 0.25) is 0 Å². The number of hydrogen-bond donors (Lipinski definition) is 1. The quantitative estimate of drug-likeness (QED) is 0.907. The first-order valence-electron chi connectivity index (χ1n) is 5.07. The highest BCUT2D eigenvalue weighted by molar-refractivity contribution is 5.86. The minimum absolute atomic E-state index is 0.267. The Kier molecular flexibility index (Phi) is 3.01. The maximum absolute atomic E-state index is 13.4. The SMILES string of the molecule is COc1cc(F)c(C)cc1-c1cc(C(=O)O)on1. The van der Waals surface area contributed by atoms with Crippen LogP contribution in [-0.4, -0.2) is 23.3 Å². The molecule has 0 unspecified atom stereocenters. The van der Waals surface area contributed by atoms with E-state index in [0.29, 0.717) is 11.1 Å². The number of carboxylic acids is 1. The van der Waals surface area contributed by atoms with Gasteiger partial charge < -0.3 is 14.4 Å². The van der Waals surface area contributed by atoms with Gasteiger partial charge in [-0.15, -0.1) is 0 Å². The van der Waals surface area contributed by atoms with E-state index in [1.807, 2.05) is 0 Å². The smallest absolute Gasteiger partial charge is 0.374 e. The summed E-state index contributed by atoms with van der Waals surface area (Å²) < 4.78 is 23.1. The van der Waals surface area contributed by atoms with Gasteiger partial charge in [-0.3, -0.25) is 0 Å². The molecule has 1 aromatic heterocycles. The summed E-state index contributed by atoms with van der Waals surface area (Å²) in [5.41, 5.74) is 1.17. The molecule has 18 heavy (non-hydrogen) atoms. The van der Waals surface area contributed by atoms with Gasteiger partial charge in [0.1, 0.15) is 17.3 Å². The molecule has 1 N–H and O–H groups in total. The number of aromatic nitrogens is 1. The van der Waals surface area contributed by atoms with Crippen molar-refractivity contribution in [3.05, 3.63) is 35.3 Å². The molecule has 0 saturated carbocycles. The van der Waals surface area contributed by atoms with E-state index in [0.717, 1.165) is 0 Å². The number of aromatic carboxylic acids is 1. The molecule has 6 heteroatoms. The van der Waals surface area contributed by atoms with Crippen LogP contribution < -0.4 is 4.74 Å². The fourth-order valence-corrected chi connectivity index (χ4v) is 1.54. The minimum atomic E-state index is -1.22. The molecular formula is C12H10FNO4. The summed E-state index contributed by atoms with van der Waals surface area (Å²) in [7, 11) is 1.39. The van der Waals surface area contributed by atoms with E-state index in [2.05, 4.69) is 9.68 Å². The lowest BCUT2D eigenvalue weighted by Gasteiger charge is -2.07. The summed E-state index contributed by atoms with van der Waals surface area (Å²) in [6.07, 6.45) is 0. The second-order valence-corrected chi connectivity index (χ2v) is 3.68. The van der Waals surface area contributed by atoms with Crippen LogP contribution in [0.25, 0.3) is 11.3 Å². The summed E-state index contributed by atoms with van der Waals surface area (Å²) >= 11 is 0. The molecule has 2 aromatic rings. The Morgan fingerprint density at radius 1 is 1.44 bits per heavy atom. The molecule has 0 atom stereocenters. The van der Waals surface area contributed by atoms with Crippen LogP contribution in [0.15, 0.2) is 22.7 Å². The zero-order valence-corrected chi connectivity index (χ0v) is 9.73. The van der Waals surface area contributed by atoms with E-state index in [1.165, 1.54) is 25.3 Å². The van der Waals surface area contributed by atoms with Gasteiger partial charge in [0, 0.05) is 17.7 Å². The van der Waals surface area contributed by atoms with Gasteiger partial charge in [0.25, 0.3) is 0 Å². The highest BCUT2D eigenvalue weighted by atomic mass is 19.1. The van der Waals surface area contributed by atoms with Crippen LogP contribution >= 0.6 is 0 Å². The normalized spacial score (nSPS) is 10.4. The van der Waals surface area contributed by atoms with Gasteiger partial charge in [0.15, 0.2) is 0 Å². The summed E-state index contributed by atoms with van der Waals surface area (Å²) in [6.45, 7) is 1.59. The molecule has 0 bridgehead atoms. The predicted molar refractivity (Wildman–Crippen MR) is 60.1 cm³/mol. The third-order valence-corrected chi connectivity index (χ3v) is 2.48. The lowest BCUT2D eigenvalue weighted by atomic mass is 10.1. The summed E-state index contributed by atoms with van der Waals surface area (Å²) in [6, 6.07) is 4.01. The molecule has 0 aliphatic rings. The lowest BCUT2D eigenvalue weighted by molar-refractivity contribution is 0.0652. The monoisotopic (exact) mass is 251 g/mol. The third kappa shape index (κ3) is 2.04. The topological polar surface area (TPSA) is 72.6 Å². The molecule has 0 radical (unpaired) electrons. The molecular weight excluding hydrogens is 241 g/mol. The average molecular weight is 251 g/mol. The van der Waals surface area contributed by atoms with Crippen LogP contribution in [0, 0.1) is 12.7 Å². The number of carbonyl (C=O) groups is 1. The van der Waals surface area contributed by atoms with Crippen molar-refractivity contribution in [1.82, 2.24) is 5.16 Å². The van der Waals surface area contributed by atoms with Gasteiger partial charge in [-0.2, -0.15) is 0 Å². The summed E-state index contributed by atoms with van der Waals surface area (Å²) in [4.78, 5) is 10.7. The van der Waals surface area contributed by atoms with Crippen molar-refractivity contribution in [3.63, 3.8) is 0 Å². The Bertz CT molecular complexity index is 606. The molecule has 0 amide bonds. The molecule has 2 rings (SSSR count). The number of methoxy groups -OCH3 is 1. The highest BCUT2D eigenvalue weighted by Gasteiger charge is 2.17. The van der Waals surface area contributed by atoms with E-state index in [1.54, 1.807) is 6.92 Å². The molecule has 0 aliphatic heterocycles. The minimum Gasteiger partial charge on any atom is -0.496 e. The highest BCUT2D eigenvalue weighted by Crippen LogP contribution is 2.31. The van der Waals surface area contributed by atoms with Gasteiger partial charge in [-0.1, -0.05) is 5.16 Å². The zero-order valence-electron chi connectivity index (χ0n) is 9.73. The van der Waals surface area contributed by atoms with Crippen LogP contribution in [-0.2, 0) is 0 Å². The second-order valence-electron chi connectivity index (χ2n) is 3.68. The van der Waals surface area contributed by atoms with Crippen LogP contribution in [0.5, 0.6) is 5.75 Å². The molecule has 5 nitrogen and oxygen atoms in total. The van der Waals surface area contributed by atoms with Crippen molar-refractivity contribution in [3.8, 4) is 17.0 Å². The molecule has 0 aliphatic carbocycles. The van der Waals surface area contributed by atoms with Crippen LogP contribution in [0.1, 0.15) is 16.1 Å². The average Bonchev–Trinajstić information content (AvgIpc) is 2.81. The number of ether oxygens (including phenoxy) is 1. The number of carboxylic acid groups (broad SMARTS) is 1. The predicted octanol–water partition coefficient (Wildman–Crippen LogP) is 2.50. The maximum Gasteiger partial charge on any atom is 0.374 e. The maximum atomic E-state index is 13.4. The zero-order chi connectivity index (χ0) is 13.3. The lowest BCUT2D eigenvalue weighted by Crippen LogP contribution is -1.93. The molecule has 1 heterocycles. The standard InChI is InChI=1S/C12H10FNO4/c1-6-3-7(10(17-2)4-8(6)13)9-5-11(12(15)16)18-14-9/h3-5H,1-2H3,(H,15,16). The van der Waals surface area contributed by atoms with E-state index >= 15 is 0 Å². The summed E-state index contributed by atoms with van der Waals surface area (Å²) in [5, 5.41) is 12.4. The Morgan fingerprint density at radius 3 is 2.72 bits per heavy atom. The van der Waals surface area contributed by atoms with Crippen molar-refractivity contribution in [2.45, 2.75) is 6.92 Å². The Labute approximate surface area is 102 Å². The number of nitrogens with zero attached hydrogens (tertiary/aromatic N) is 1. The third-order valence-electron chi connectivity index (χ3n) is 2.48. The number of aryl methyl sites for hydroxylation is 1. The van der Waals surface area contributed by atoms with Crippen LogP contribution in [0.4, 0.5) is 4.39 Å². The molecule has 0 saturated heterocycles. The van der Waals surface area contributed by atoms with Crippen molar-refractivity contribution in [1.29, 1.82) is 0 Å². The van der Waals surface area contributed by atoms with E-state index in [9.17, 15) is 9.18 Å². The van der Waals surface area contributed by atoms with Gasteiger partial charge in [0.05, 0.1) is 7.11 Å². The van der Waals surface area contributed by atoms with Gasteiger partial charge in [-0.25, -0.2) is 9.18 Å². The van der Waals surface area contributed by atoms with Crippen molar-refractivity contribution < 1.29 is 23.6 Å². The van der Waals surface area contributed by atoms with E-state index in [-0.39, 0.29) is 17.2 Å². The first-order valence-corrected chi connectivity index (χ1v) is 5.07. The van der Waals surface area contributed by atoms with Gasteiger partial charge >= 0.3 is 5.97 Å². The fraction of sp³-hybridized carbons (Fsp3) is 0.167. The number of rotatable bonds is 3. The second kappa shape index (κ2) is 4.48. The Hall–Kier alpha value is -2.37. The fourth-order valence-electron chi connectivity index (χ4n) is 1.54. The van der Waals surface area contributed by atoms with Crippen molar-refractivity contribution in [2.24, 2.45) is 0 Å².